The molecule has 0 spiro atoms. The molecule has 3 heterocycles. The zero-order chi connectivity index (χ0) is 18.6. The first kappa shape index (κ1) is 17.7. The van der Waals surface area contributed by atoms with Crippen molar-refractivity contribution in [1.29, 1.82) is 0 Å². The summed E-state index contributed by atoms with van der Waals surface area (Å²) in [5, 5.41) is 13.9. The average Bonchev–Trinajstić information content (AvgIpc) is 3.35. The lowest BCUT2D eigenvalue weighted by molar-refractivity contribution is -0.119. The van der Waals surface area contributed by atoms with Gasteiger partial charge < -0.3 is 5.32 Å². The molecule has 0 fully saturated rings. The van der Waals surface area contributed by atoms with Crippen LogP contribution in [0.2, 0.25) is 0 Å². The molecule has 1 amide bonds. The van der Waals surface area contributed by atoms with Crippen LogP contribution in [0, 0.1) is 5.82 Å². The van der Waals surface area contributed by atoms with E-state index in [9.17, 15) is 9.18 Å². The molecule has 136 valence electrons. The van der Waals surface area contributed by atoms with Crippen LogP contribution in [0.5, 0.6) is 0 Å². The SMILES string of the molecule is O=C(CSc1nnc2ccccn12)N[C@@H](c1ccc(F)cc1)c1cccs1. The highest BCUT2D eigenvalue weighted by atomic mass is 32.2. The first-order valence-electron chi connectivity index (χ1n) is 8.21. The molecule has 0 saturated heterocycles. The summed E-state index contributed by atoms with van der Waals surface area (Å²) in [5.41, 5.74) is 1.58. The zero-order valence-electron chi connectivity index (χ0n) is 14.1. The van der Waals surface area contributed by atoms with Gasteiger partial charge >= 0.3 is 0 Å². The van der Waals surface area contributed by atoms with Crippen LogP contribution >= 0.6 is 23.1 Å². The summed E-state index contributed by atoms with van der Waals surface area (Å²) >= 11 is 2.87. The van der Waals surface area contributed by atoms with Crippen LogP contribution in [0.1, 0.15) is 16.5 Å². The normalized spacial score (nSPS) is 12.2. The molecule has 0 saturated carbocycles. The fraction of sp³-hybridized carbons (Fsp3) is 0.105. The van der Waals surface area contributed by atoms with Crippen molar-refractivity contribution < 1.29 is 9.18 Å². The van der Waals surface area contributed by atoms with Gasteiger partial charge in [-0.2, -0.15) is 0 Å². The molecule has 1 N–H and O–H groups in total. The van der Waals surface area contributed by atoms with Crippen molar-refractivity contribution in [2.24, 2.45) is 0 Å². The van der Waals surface area contributed by atoms with Crippen molar-refractivity contribution in [1.82, 2.24) is 19.9 Å². The number of pyridine rings is 1. The van der Waals surface area contributed by atoms with Crippen molar-refractivity contribution in [2.45, 2.75) is 11.2 Å². The summed E-state index contributed by atoms with van der Waals surface area (Å²) in [4.78, 5) is 13.6. The second kappa shape index (κ2) is 7.89. The highest BCUT2D eigenvalue weighted by molar-refractivity contribution is 7.99. The Morgan fingerprint density at radius 3 is 2.78 bits per heavy atom. The topological polar surface area (TPSA) is 59.3 Å². The van der Waals surface area contributed by atoms with Gasteiger partial charge in [0.15, 0.2) is 10.8 Å². The van der Waals surface area contributed by atoms with Crippen LogP contribution < -0.4 is 5.32 Å². The highest BCUT2D eigenvalue weighted by Gasteiger charge is 2.18. The standard InChI is InChI=1S/C19H15FN4OS2/c20-14-8-6-13(7-9-14)18(15-4-3-11-26-15)21-17(25)12-27-19-23-22-16-5-1-2-10-24(16)19/h1-11,18H,12H2,(H,21,25)/t18-/m0/s1. The molecule has 0 aliphatic heterocycles. The number of carbonyl (C=O) groups excluding carboxylic acids is 1. The van der Waals surface area contributed by atoms with Crippen LogP contribution in [-0.2, 0) is 4.79 Å². The van der Waals surface area contributed by atoms with Crippen molar-refractivity contribution in [2.75, 3.05) is 5.75 Å². The highest BCUT2D eigenvalue weighted by Crippen LogP contribution is 2.26. The van der Waals surface area contributed by atoms with E-state index < -0.39 is 0 Å². The average molecular weight is 398 g/mol. The summed E-state index contributed by atoms with van der Waals surface area (Å²) in [6, 6.07) is 15.4. The monoisotopic (exact) mass is 398 g/mol. The Kier molecular flexibility index (Phi) is 5.17. The number of hydrogen-bond donors (Lipinski definition) is 1. The van der Waals surface area contributed by atoms with Crippen molar-refractivity contribution in [3.63, 3.8) is 0 Å². The number of thiophene rings is 1. The molecule has 0 unspecified atom stereocenters. The molecular formula is C19H15FN4OS2. The van der Waals surface area contributed by atoms with E-state index in [0.717, 1.165) is 16.1 Å². The quantitative estimate of drug-likeness (QED) is 0.500. The number of carbonyl (C=O) groups is 1. The maximum atomic E-state index is 13.3. The molecule has 4 aromatic rings. The molecule has 5 nitrogen and oxygen atoms in total. The number of halogens is 1. The first-order valence-corrected chi connectivity index (χ1v) is 10.1. The molecule has 3 aromatic heterocycles. The van der Waals surface area contributed by atoms with Crippen LogP contribution in [-0.4, -0.2) is 26.3 Å². The lowest BCUT2D eigenvalue weighted by Gasteiger charge is -2.18. The van der Waals surface area contributed by atoms with E-state index in [1.54, 1.807) is 23.5 Å². The Balaban J connectivity index is 1.48. The largest absolute Gasteiger partial charge is 0.344 e. The number of hydrogen-bond acceptors (Lipinski definition) is 5. The van der Waals surface area contributed by atoms with E-state index >= 15 is 0 Å². The Morgan fingerprint density at radius 1 is 1.15 bits per heavy atom. The van der Waals surface area contributed by atoms with E-state index in [1.807, 2.05) is 46.3 Å². The minimum absolute atomic E-state index is 0.129. The number of nitrogens with one attached hydrogen (secondary N) is 1. The van der Waals surface area contributed by atoms with Crippen LogP contribution in [0.15, 0.2) is 71.3 Å². The predicted octanol–water partition coefficient (Wildman–Crippen LogP) is 3.93. The van der Waals surface area contributed by atoms with E-state index in [0.29, 0.717) is 5.16 Å². The number of amides is 1. The molecule has 0 aliphatic carbocycles. The molecular weight excluding hydrogens is 383 g/mol. The lowest BCUT2D eigenvalue weighted by Crippen LogP contribution is -2.30. The second-order valence-corrected chi connectivity index (χ2v) is 7.69. The first-order chi connectivity index (χ1) is 13.2. The van der Waals surface area contributed by atoms with Gasteiger partial charge in [0.1, 0.15) is 5.82 Å². The molecule has 27 heavy (non-hydrogen) atoms. The van der Waals surface area contributed by atoms with Gasteiger partial charge in [0.25, 0.3) is 0 Å². The van der Waals surface area contributed by atoms with Gasteiger partial charge in [0.2, 0.25) is 5.91 Å². The number of fused-ring (bicyclic) bond motifs is 1. The maximum absolute atomic E-state index is 13.3. The molecule has 1 aromatic carbocycles. The van der Waals surface area contributed by atoms with Gasteiger partial charge in [-0.1, -0.05) is 36.0 Å². The Hall–Kier alpha value is -2.71. The van der Waals surface area contributed by atoms with Crippen molar-refractivity contribution >= 4 is 34.7 Å². The van der Waals surface area contributed by atoms with Crippen molar-refractivity contribution in [3.8, 4) is 0 Å². The number of thioether (sulfide) groups is 1. The Labute approximate surface area is 163 Å². The molecule has 0 aliphatic rings. The maximum Gasteiger partial charge on any atom is 0.231 e. The van der Waals surface area contributed by atoms with Crippen molar-refractivity contribution in [3.05, 3.63) is 82.4 Å². The Bertz CT molecular complexity index is 1050. The third-order valence-corrected chi connectivity index (χ3v) is 5.83. The third-order valence-electron chi connectivity index (χ3n) is 3.95. The van der Waals surface area contributed by atoms with Crippen LogP contribution in [0.25, 0.3) is 5.65 Å². The summed E-state index contributed by atoms with van der Waals surface area (Å²) < 4.78 is 15.1. The molecule has 0 bridgehead atoms. The molecule has 8 heteroatoms. The second-order valence-electron chi connectivity index (χ2n) is 5.77. The molecule has 1 atom stereocenters. The van der Waals surface area contributed by atoms with Crippen LogP contribution in [0.3, 0.4) is 0 Å². The van der Waals surface area contributed by atoms with Gasteiger partial charge in [-0.3, -0.25) is 9.20 Å². The summed E-state index contributed by atoms with van der Waals surface area (Å²) in [6.07, 6.45) is 1.86. The lowest BCUT2D eigenvalue weighted by atomic mass is 10.1. The van der Waals surface area contributed by atoms with E-state index in [4.69, 9.17) is 0 Å². The van der Waals surface area contributed by atoms with Gasteiger partial charge in [-0.05, 0) is 41.3 Å². The number of benzene rings is 1. The number of nitrogens with zero attached hydrogens (tertiary/aromatic N) is 3. The molecule has 0 radical (unpaired) electrons. The van der Waals surface area contributed by atoms with E-state index in [-0.39, 0.29) is 23.5 Å². The minimum atomic E-state index is -0.311. The van der Waals surface area contributed by atoms with Crippen LogP contribution in [0.4, 0.5) is 4.39 Å². The van der Waals surface area contributed by atoms with E-state index in [2.05, 4.69) is 15.5 Å². The summed E-state index contributed by atoms with van der Waals surface area (Å²) in [5.74, 6) is -0.224. The number of rotatable bonds is 6. The molecule has 4 rings (SSSR count). The minimum Gasteiger partial charge on any atom is -0.344 e. The summed E-state index contributed by atoms with van der Waals surface area (Å²) in [7, 11) is 0. The van der Waals surface area contributed by atoms with Gasteiger partial charge in [0, 0.05) is 11.1 Å². The predicted molar refractivity (Wildman–Crippen MR) is 104 cm³/mol. The number of aromatic nitrogens is 3. The third kappa shape index (κ3) is 4.01. The fourth-order valence-electron chi connectivity index (χ4n) is 2.68. The Morgan fingerprint density at radius 2 is 2.00 bits per heavy atom. The van der Waals surface area contributed by atoms with Gasteiger partial charge in [-0.25, -0.2) is 4.39 Å². The van der Waals surface area contributed by atoms with Gasteiger partial charge in [0.05, 0.1) is 11.8 Å². The fourth-order valence-corrected chi connectivity index (χ4v) is 4.22. The van der Waals surface area contributed by atoms with Gasteiger partial charge in [-0.15, -0.1) is 21.5 Å². The zero-order valence-corrected chi connectivity index (χ0v) is 15.7. The van der Waals surface area contributed by atoms with E-state index in [1.165, 1.54) is 23.9 Å². The smallest absolute Gasteiger partial charge is 0.231 e. The summed E-state index contributed by atoms with van der Waals surface area (Å²) in [6.45, 7) is 0.